The van der Waals surface area contributed by atoms with Gasteiger partial charge in [-0.3, -0.25) is 9.48 Å². The molecule has 0 N–H and O–H groups in total. The highest BCUT2D eigenvalue weighted by Crippen LogP contribution is 2.11. The Labute approximate surface area is 104 Å². The average Bonchev–Trinajstić information content (AvgIpc) is 2.76. The van der Waals surface area contributed by atoms with Gasteiger partial charge in [-0.25, -0.2) is 0 Å². The minimum absolute atomic E-state index is 0.498. The van der Waals surface area contributed by atoms with Gasteiger partial charge in [0.05, 0.1) is 17.8 Å². The highest BCUT2D eigenvalue weighted by atomic mass is 35.5. The van der Waals surface area contributed by atoms with Crippen LogP contribution in [0.15, 0.2) is 36.7 Å². The minimum atomic E-state index is 0.498. The summed E-state index contributed by atoms with van der Waals surface area (Å²) < 4.78 is 7.21. The van der Waals surface area contributed by atoms with E-state index in [1.807, 2.05) is 0 Å². The van der Waals surface area contributed by atoms with Crippen molar-refractivity contribution >= 4 is 17.9 Å². The summed E-state index contributed by atoms with van der Waals surface area (Å²) in [6.07, 6.45) is 4.12. The molecule has 0 atom stereocenters. The molecule has 2 aromatic rings. The molecule has 2 rings (SSSR count). The fourth-order valence-corrected chi connectivity index (χ4v) is 1.52. The van der Waals surface area contributed by atoms with Gasteiger partial charge in [0.15, 0.2) is 0 Å². The van der Waals surface area contributed by atoms with Crippen LogP contribution in [0.25, 0.3) is 0 Å². The van der Waals surface area contributed by atoms with Crippen LogP contribution in [0, 0.1) is 0 Å². The van der Waals surface area contributed by atoms with Gasteiger partial charge in [-0.2, -0.15) is 5.10 Å². The first-order chi connectivity index (χ1) is 8.28. The average molecular weight is 251 g/mol. The van der Waals surface area contributed by atoms with Crippen LogP contribution >= 0.6 is 11.6 Å². The quantitative estimate of drug-likeness (QED) is 0.766. The second kappa shape index (κ2) is 5.50. The van der Waals surface area contributed by atoms with Gasteiger partial charge in [-0.1, -0.05) is 11.6 Å². The van der Waals surface area contributed by atoms with Crippen molar-refractivity contribution in [2.24, 2.45) is 0 Å². The van der Waals surface area contributed by atoms with Crippen LogP contribution in [0.4, 0.5) is 0 Å². The summed E-state index contributed by atoms with van der Waals surface area (Å²) >= 11 is 5.73. The van der Waals surface area contributed by atoms with Crippen molar-refractivity contribution in [3.8, 4) is 5.75 Å². The maximum absolute atomic E-state index is 10.5. The highest BCUT2D eigenvalue weighted by Gasteiger charge is 1.97. The number of aldehydes is 1. The van der Waals surface area contributed by atoms with Gasteiger partial charge in [-0.05, 0) is 24.3 Å². The summed E-state index contributed by atoms with van der Waals surface area (Å²) in [6.45, 7) is 1.13. The van der Waals surface area contributed by atoms with E-state index in [-0.39, 0.29) is 0 Å². The maximum Gasteiger partial charge on any atom is 0.150 e. The fourth-order valence-electron chi connectivity index (χ4n) is 1.36. The number of benzene rings is 1. The van der Waals surface area contributed by atoms with Crippen molar-refractivity contribution < 1.29 is 9.53 Å². The standard InChI is InChI=1S/C12H11ClN2O2/c13-11-7-14-15(8-11)5-6-17-12-3-1-10(9-16)2-4-12/h1-4,7-9H,5-6H2. The zero-order chi connectivity index (χ0) is 12.1. The van der Waals surface area contributed by atoms with Crippen molar-refractivity contribution in [2.45, 2.75) is 6.54 Å². The lowest BCUT2D eigenvalue weighted by molar-refractivity contribution is 0.112. The Morgan fingerprint density at radius 3 is 2.71 bits per heavy atom. The molecule has 0 saturated carbocycles. The molecule has 88 valence electrons. The summed E-state index contributed by atoms with van der Waals surface area (Å²) in [6, 6.07) is 6.96. The van der Waals surface area contributed by atoms with E-state index in [0.29, 0.717) is 23.7 Å². The van der Waals surface area contributed by atoms with Crippen LogP contribution in [0.2, 0.25) is 5.02 Å². The Hall–Kier alpha value is -1.81. The predicted octanol–water partition coefficient (Wildman–Crippen LogP) is 2.43. The molecule has 0 amide bonds. The van der Waals surface area contributed by atoms with Gasteiger partial charge in [0, 0.05) is 11.8 Å². The second-order valence-electron chi connectivity index (χ2n) is 3.46. The number of hydrogen-bond donors (Lipinski definition) is 0. The van der Waals surface area contributed by atoms with Gasteiger partial charge >= 0.3 is 0 Å². The molecule has 0 fully saturated rings. The number of carbonyl (C=O) groups excluding carboxylic acids is 1. The van der Waals surface area contributed by atoms with E-state index in [1.165, 1.54) is 0 Å². The van der Waals surface area contributed by atoms with Crippen LogP contribution < -0.4 is 4.74 Å². The van der Waals surface area contributed by atoms with Crippen molar-refractivity contribution in [1.29, 1.82) is 0 Å². The van der Waals surface area contributed by atoms with Crippen LogP contribution in [-0.2, 0) is 6.54 Å². The molecule has 0 bridgehead atoms. The van der Waals surface area contributed by atoms with Crippen molar-refractivity contribution in [1.82, 2.24) is 9.78 Å². The van der Waals surface area contributed by atoms with Gasteiger partial charge in [0.25, 0.3) is 0 Å². The van der Waals surface area contributed by atoms with E-state index in [9.17, 15) is 4.79 Å². The van der Waals surface area contributed by atoms with E-state index >= 15 is 0 Å². The first kappa shape index (κ1) is 11.7. The largest absolute Gasteiger partial charge is 0.492 e. The Balaban J connectivity index is 1.83. The van der Waals surface area contributed by atoms with E-state index in [4.69, 9.17) is 16.3 Å². The maximum atomic E-state index is 10.5. The zero-order valence-corrected chi connectivity index (χ0v) is 9.80. The number of hydrogen-bond acceptors (Lipinski definition) is 3. The number of halogens is 1. The molecular formula is C12H11ClN2O2. The molecule has 0 aliphatic carbocycles. The summed E-state index contributed by atoms with van der Waals surface area (Å²) in [7, 11) is 0. The first-order valence-corrected chi connectivity index (χ1v) is 5.52. The summed E-state index contributed by atoms with van der Waals surface area (Å²) in [4.78, 5) is 10.5. The molecule has 1 aromatic heterocycles. The van der Waals surface area contributed by atoms with Gasteiger partial charge < -0.3 is 4.74 Å². The summed E-state index contributed by atoms with van der Waals surface area (Å²) in [5, 5.41) is 4.64. The van der Waals surface area contributed by atoms with Gasteiger partial charge in [-0.15, -0.1) is 0 Å². The molecule has 0 unspecified atom stereocenters. The number of ether oxygens (including phenoxy) is 1. The van der Waals surface area contributed by atoms with E-state index in [0.717, 1.165) is 12.0 Å². The monoisotopic (exact) mass is 250 g/mol. The Morgan fingerprint density at radius 1 is 1.35 bits per heavy atom. The minimum Gasteiger partial charge on any atom is -0.492 e. The highest BCUT2D eigenvalue weighted by molar-refractivity contribution is 6.30. The van der Waals surface area contributed by atoms with E-state index in [1.54, 1.807) is 41.3 Å². The molecule has 0 saturated heterocycles. The van der Waals surface area contributed by atoms with E-state index in [2.05, 4.69) is 5.10 Å². The SMILES string of the molecule is O=Cc1ccc(OCCn2cc(Cl)cn2)cc1. The third kappa shape index (κ3) is 3.32. The van der Waals surface area contributed by atoms with Crippen LogP contribution in [-0.4, -0.2) is 22.7 Å². The fraction of sp³-hybridized carbons (Fsp3) is 0.167. The molecule has 0 spiro atoms. The molecule has 0 aliphatic rings. The zero-order valence-electron chi connectivity index (χ0n) is 9.04. The van der Waals surface area contributed by atoms with Gasteiger partial charge in [0.2, 0.25) is 0 Å². The Bertz CT molecular complexity index is 493. The molecule has 0 aliphatic heterocycles. The molecule has 17 heavy (non-hydrogen) atoms. The second-order valence-corrected chi connectivity index (χ2v) is 3.89. The molecule has 5 heteroatoms. The number of carbonyl (C=O) groups is 1. The predicted molar refractivity (Wildman–Crippen MR) is 64.6 cm³/mol. The van der Waals surface area contributed by atoms with Crippen LogP contribution in [0.5, 0.6) is 5.75 Å². The topological polar surface area (TPSA) is 44.1 Å². The van der Waals surface area contributed by atoms with Crippen molar-refractivity contribution in [3.63, 3.8) is 0 Å². The normalized spacial score (nSPS) is 10.2. The van der Waals surface area contributed by atoms with E-state index < -0.39 is 0 Å². The molecular weight excluding hydrogens is 240 g/mol. The molecule has 1 aromatic carbocycles. The molecule has 0 radical (unpaired) electrons. The molecule has 1 heterocycles. The van der Waals surface area contributed by atoms with Gasteiger partial charge in [0.1, 0.15) is 18.6 Å². The number of aromatic nitrogens is 2. The smallest absolute Gasteiger partial charge is 0.150 e. The number of rotatable bonds is 5. The lowest BCUT2D eigenvalue weighted by Gasteiger charge is -2.06. The summed E-state index contributed by atoms with van der Waals surface area (Å²) in [5.74, 6) is 0.730. The van der Waals surface area contributed by atoms with Crippen molar-refractivity contribution in [2.75, 3.05) is 6.61 Å². The Morgan fingerprint density at radius 2 is 2.12 bits per heavy atom. The molecule has 4 nitrogen and oxygen atoms in total. The lowest BCUT2D eigenvalue weighted by atomic mass is 10.2. The third-order valence-corrected chi connectivity index (χ3v) is 2.40. The first-order valence-electron chi connectivity index (χ1n) is 5.14. The lowest BCUT2D eigenvalue weighted by Crippen LogP contribution is -2.08. The Kier molecular flexibility index (Phi) is 3.77. The van der Waals surface area contributed by atoms with Crippen LogP contribution in [0.1, 0.15) is 10.4 Å². The third-order valence-electron chi connectivity index (χ3n) is 2.21. The summed E-state index contributed by atoms with van der Waals surface area (Å²) in [5.41, 5.74) is 0.635. The van der Waals surface area contributed by atoms with Crippen molar-refractivity contribution in [3.05, 3.63) is 47.2 Å². The number of nitrogens with zero attached hydrogens (tertiary/aromatic N) is 2. The van der Waals surface area contributed by atoms with Crippen LogP contribution in [0.3, 0.4) is 0 Å².